The van der Waals surface area contributed by atoms with E-state index < -0.39 is 0 Å². The number of nitrogens with zero attached hydrogens (tertiary/aromatic N) is 4. The van der Waals surface area contributed by atoms with Crippen LogP contribution in [-0.2, 0) is 6.42 Å². The van der Waals surface area contributed by atoms with Gasteiger partial charge in [-0.05, 0) is 58.2 Å². The lowest BCUT2D eigenvalue weighted by Gasteiger charge is -2.38. The van der Waals surface area contributed by atoms with Gasteiger partial charge in [-0.25, -0.2) is 9.52 Å². The van der Waals surface area contributed by atoms with E-state index in [9.17, 15) is 4.79 Å². The predicted octanol–water partition coefficient (Wildman–Crippen LogP) is 3.91. The van der Waals surface area contributed by atoms with E-state index in [1.165, 1.54) is 5.56 Å². The van der Waals surface area contributed by atoms with Gasteiger partial charge in [0.25, 0.3) is 5.91 Å². The summed E-state index contributed by atoms with van der Waals surface area (Å²) in [6.07, 6.45) is 2.68. The molecule has 4 rings (SSSR count). The number of hydrogen-bond donors (Lipinski definition) is 0. The highest BCUT2D eigenvalue weighted by Gasteiger charge is 2.28. The summed E-state index contributed by atoms with van der Waals surface area (Å²) in [5.74, 6) is -0.0945. The van der Waals surface area contributed by atoms with Gasteiger partial charge in [-0.15, -0.1) is 0 Å². The average Bonchev–Trinajstić information content (AvgIpc) is 2.98. The molecule has 1 aliphatic heterocycles. The topological polar surface area (TPSA) is 40.9 Å². The van der Waals surface area contributed by atoms with Gasteiger partial charge < -0.3 is 0 Å². The first-order chi connectivity index (χ1) is 11.5. The van der Waals surface area contributed by atoms with Gasteiger partial charge in [0.15, 0.2) is 5.69 Å². The molecule has 24 heavy (non-hydrogen) atoms. The Morgan fingerprint density at radius 2 is 1.92 bits per heavy atom. The van der Waals surface area contributed by atoms with E-state index in [-0.39, 0.29) is 5.91 Å². The van der Waals surface area contributed by atoms with Gasteiger partial charge in [-0.3, -0.25) is 9.80 Å². The van der Waals surface area contributed by atoms with Gasteiger partial charge in [0.05, 0.1) is 11.2 Å². The van der Waals surface area contributed by atoms with E-state index in [1.54, 1.807) is 9.52 Å². The number of halogens is 2. The van der Waals surface area contributed by atoms with Crippen molar-refractivity contribution in [1.29, 1.82) is 0 Å². The van der Waals surface area contributed by atoms with E-state index >= 15 is 0 Å². The molecule has 1 aliphatic rings. The maximum absolute atomic E-state index is 12.9. The Hall–Kier alpha value is -1.86. The number of carbonyl (C=O) groups excluding carboxylic acids is 1. The number of hydrogen-bond acceptors (Lipinski definition) is 3. The summed E-state index contributed by atoms with van der Waals surface area (Å²) in [7, 11) is 1.91. The normalized spacial score (nSPS) is 14.1. The zero-order valence-electron chi connectivity index (χ0n) is 12.9. The number of amides is 1. The third-order valence-electron chi connectivity index (χ3n) is 4.23. The quantitative estimate of drug-likeness (QED) is 0.565. The number of hydrazine groups is 1. The Kier molecular flexibility index (Phi) is 3.85. The van der Waals surface area contributed by atoms with Crippen molar-refractivity contribution in [3.63, 3.8) is 0 Å². The van der Waals surface area contributed by atoms with Gasteiger partial charge in [-0.1, -0.05) is 22.0 Å². The zero-order chi connectivity index (χ0) is 16.8. The largest absolute Gasteiger partial charge is 0.292 e. The number of carbonyl (C=O) groups is 1. The van der Waals surface area contributed by atoms with Crippen LogP contribution in [0, 0.1) is 0 Å². The summed E-state index contributed by atoms with van der Waals surface area (Å²) in [6.45, 7) is 0.640. The number of rotatable bonds is 1. The molecule has 0 unspecified atom stereocenters. The molecule has 3 heterocycles. The summed E-state index contributed by atoms with van der Waals surface area (Å²) in [5.41, 5.74) is 3.61. The van der Waals surface area contributed by atoms with Gasteiger partial charge in [0.2, 0.25) is 0 Å². The van der Waals surface area contributed by atoms with Gasteiger partial charge in [-0.2, -0.15) is 5.10 Å². The van der Waals surface area contributed by atoms with E-state index in [0.717, 1.165) is 26.6 Å². The number of benzene rings is 1. The summed E-state index contributed by atoms with van der Waals surface area (Å²) in [5, 5.41) is 8.07. The Labute approximate surface area is 156 Å². The third-order valence-corrected chi connectivity index (χ3v) is 5.19. The van der Waals surface area contributed by atoms with Crippen molar-refractivity contribution in [2.75, 3.05) is 18.6 Å². The van der Waals surface area contributed by atoms with Crippen LogP contribution in [0.15, 0.2) is 51.5 Å². The van der Waals surface area contributed by atoms with Gasteiger partial charge in [0, 0.05) is 28.7 Å². The first kappa shape index (κ1) is 15.7. The van der Waals surface area contributed by atoms with Crippen molar-refractivity contribution in [3.05, 3.63) is 62.8 Å². The predicted molar refractivity (Wildman–Crippen MR) is 100 cm³/mol. The van der Waals surface area contributed by atoms with Crippen LogP contribution >= 0.6 is 31.9 Å². The number of aromatic nitrogens is 2. The average molecular weight is 450 g/mol. The molecule has 0 saturated heterocycles. The lowest BCUT2D eigenvalue weighted by molar-refractivity contribution is 0.0732. The van der Waals surface area contributed by atoms with Crippen molar-refractivity contribution in [2.24, 2.45) is 0 Å². The van der Waals surface area contributed by atoms with Crippen LogP contribution in [0.1, 0.15) is 16.1 Å². The van der Waals surface area contributed by atoms with Crippen molar-refractivity contribution >= 4 is 49.0 Å². The fraction of sp³-hybridized carbons (Fsp3) is 0.176. The van der Waals surface area contributed by atoms with Crippen LogP contribution in [-0.4, -0.2) is 34.1 Å². The second-order valence-corrected chi connectivity index (χ2v) is 7.55. The molecule has 0 radical (unpaired) electrons. The highest BCUT2D eigenvalue weighted by molar-refractivity contribution is 9.10. The van der Waals surface area contributed by atoms with E-state index in [4.69, 9.17) is 0 Å². The molecule has 0 aliphatic carbocycles. The van der Waals surface area contributed by atoms with Crippen LogP contribution < -0.4 is 5.01 Å². The second kappa shape index (κ2) is 5.89. The Bertz CT molecular complexity index is 953. The van der Waals surface area contributed by atoms with E-state index in [2.05, 4.69) is 43.0 Å². The molecule has 1 amide bonds. The second-order valence-electron chi connectivity index (χ2n) is 5.72. The first-order valence-electron chi connectivity index (χ1n) is 7.52. The minimum absolute atomic E-state index is 0.0945. The molecular weight excluding hydrogens is 436 g/mol. The van der Waals surface area contributed by atoms with Crippen LogP contribution in [0.25, 0.3) is 5.52 Å². The smallest absolute Gasteiger partial charge is 0.285 e. The minimum Gasteiger partial charge on any atom is -0.285 e. The molecule has 1 aromatic carbocycles. The molecule has 0 fully saturated rings. The fourth-order valence-electron chi connectivity index (χ4n) is 2.99. The lowest BCUT2D eigenvalue weighted by atomic mass is 10.1. The first-order valence-corrected chi connectivity index (χ1v) is 9.10. The van der Waals surface area contributed by atoms with Crippen LogP contribution in [0.3, 0.4) is 0 Å². The molecule has 3 aromatic rings. The molecule has 122 valence electrons. The van der Waals surface area contributed by atoms with Crippen molar-refractivity contribution < 1.29 is 4.79 Å². The SMILES string of the molecule is CN1c2cc(Br)ccc2CCN1C(=O)c1cc2ccc(Br)cn2n1. The molecule has 2 aromatic heterocycles. The minimum atomic E-state index is -0.0945. The van der Waals surface area contributed by atoms with Gasteiger partial charge >= 0.3 is 0 Å². The monoisotopic (exact) mass is 448 g/mol. The molecule has 7 heteroatoms. The van der Waals surface area contributed by atoms with Crippen LogP contribution in [0.5, 0.6) is 0 Å². The number of pyridine rings is 1. The van der Waals surface area contributed by atoms with Gasteiger partial charge in [0.1, 0.15) is 0 Å². The van der Waals surface area contributed by atoms with Crippen molar-refractivity contribution in [1.82, 2.24) is 14.6 Å². The van der Waals surface area contributed by atoms with Crippen molar-refractivity contribution in [2.45, 2.75) is 6.42 Å². The summed E-state index contributed by atoms with van der Waals surface area (Å²) >= 11 is 6.92. The highest BCUT2D eigenvalue weighted by Crippen LogP contribution is 2.30. The molecule has 0 spiro atoms. The standard InChI is InChI=1S/C17H14Br2N4O/c1-21-16-8-12(18)3-2-11(16)6-7-23(21)17(24)15-9-14-5-4-13(19)10-22(14)20-15/h2-5,8-10H,6-7H2,1H3. The molecule has 0 bridgehead atoms. The fourth-order valence-corrected chi connectivity index (χ4v) is 3.67. The van der Waals surface area contributed by atoms with Crippen LogP contribution in [0.2, 0.25) is 0 Å². The zero-order valence-corrected chi connectivity index (χ0v) is 16.1. The lowest BCUT2D eigenvalue weighted by Crippen LogP contribution is -2.48. The Morgan fingerprint density at radius 1 is 1.12 bits per heavy atom. The van der Waals surface area contributed by atoms with Crippen molar-refractivity contribution in [3.8, 4) is 0 Å². The Morgan fingerprint density at radius 3 is 2.75 bits per heavy atom. The number of fused-ring (bicyclic) bond motifs is 2. The van der Waals surface area contributed by atoms with Crippen LogP contribution in [0.4, 0.5) is 5.69 Å². The third kappa shape index (κ3) is 2.61. The molecule has 5 nitrogen and oxygen atoms in total. The number of anilines is 1. The van der Waals surface area contributed by atoms with E-state index in [0.29, 0.717) is 12.2 Å². The summed E-state index contributed by atoms with van der Waals surface area (Å²) < 4.78 is 3.64. The summed E-state index contributed by atoms with van der Waals surface area (Å²) in [4.78, 5) is 12.9. The molecule has 0 atom stereocenters. The Balaban J connectivity index is 1.68. The molecule has 0 saturated carbocycles. The maximum atomic E-state index is 12.9. The van der Waals surface area contributed by atoms with E-state index in [1.807, 2.05) is 48.6 Å². The highest BCUT2D eigenvalue weighted by atomic mass is 79.9. The summed E-state index contributed by atoms with van der Waals surface area (Å²) in [6, 6.07) is 11.9. The molecular formula is C17H14Br2N4O. The maximum Gasteiger partial charge on any atom is 0.292 e. The molecule has 0 N–H and O–H groups in total.